The average Bonchev–Trinajstić information content (AvgIpc) is 3.69. The van der Waals surface area contributed by atoms with Crippen LogP contribution < -0.4 is 10.6 Å². The summed E-state index contributed by atoms with van der Waals surface area (Å²) in [5, 5.41) is 35.8. The number of ether oxygens (including phenoxy) is 1. The third-order valence-corrected chi connectivity index (χ3v) is 13.6. The molecule has 60 heavy (non-hydrogen) atoms. The number of nitrogens with one attached hydrogen (secondary N) is 2. The number of carbonyl (C=O) groups excluding carboxylic acids is 3. The number of aliphatic hydroxyl groups is 1. The second kappa shape index (κ2) is 17.6. The van der Waals surface area contributed by atoms with E-state index in [0.29, 0.717) is 10.7 Å². The van der Waals surface area contributed by atoms with E-state index >= 15 is 0 Å². The lowest BCUT2D eigenvalue weighted by Gasteiger charge is -2.57. The molecule has 1 amide bonds. The number of nitro groups is 1. The number of non-ortho nitro benzene ring substituents is 1. The highest BCUT2D eigenvalue weighted by Gasteiger charge is 2.66. The first-order valence-electron chi connectivity index (χ1n) is 18.8. The molecule has 2 aliphatic rings. The van der Waals surface area contributed by atoms with Crippen LogP contribution in [-0.4, -0.2) is 84.3 Å². The lowest BCUT2D eigenvalue weighted by molar-refractivity contribution is -0.384. The zero-order chi connectivity index (χ0) is 42.7. The van der Waals surface area contributed by atoms with Gasteiger partial charge in [-0.15, -0.1) is 23.1 Å². The zero-order valence-corrected chi connectivity index (χ0v) is 35.5. The molecule has 0 bridgehead atoms. The van der Waals surface area contributed by atoms with Crippen molar-refractivity contribution in [3.8, 4) is 0 Å². The van der Waals surface area contributed by atoms with Crippen molar-refractivity contribution in [2.45, 2.75) is 60.1 Å². The normalized spacial score (nSPS) is 20.6. The SMILES string of the molecule is CON=C(C(=O)NC1CN2C1C(=O)SC(SCc1ccc([N+](=O)[O-])cc1)C2(O)C(=O)OC(C)(C)C)c1csc(NC(c2ccccc2)(c2ccccc2)c2ccccc2)n1. The molecule has 0 saturated carbocycles. The van der Waals surface area contributed by atoms with Gasteiger partial charge in [0.1, 0.15) is 34.6 Å². The number of thioether (sulfide) groups is 2. The number of rotatable bonds is 14. The summed E-state index contributed by atoms with van der Waals surface area (Å²) >= 11 is 3.20. The van der Waals surface area contributed by atoms with Crippen LogP contribution in [0.2, 0.25) is 0 Å². The quantitative estimate of drug-likeness (QED) is 0.0360. The van der Waals surface area contributed by atoms with Crippen molar-refractivity contribution >= 4 is 68.4 Å². The number of esters is 1. The molecule has 0 aliphatic carbocycles. The number of thiazole rings is 1. The van der Waals surface area contributed by atoms with E-state index in [1.165, 1.54) is 35.5 Å². The van der Waals surface area contributed by atoms with Gasteiger partial charge in [0.15, 0.2) is 10.8 Å². The van der Waals surface area contributed by atoms with Gasteiger partial charge in [-0.3, -0.25) is 19.7 Å². The van der Waals surface area contributed by atoms with Crippen LogP contribution in [0.25, 0.3) is 0 Å². The number of fused-ring (bicyclic) bond motifs is 1. The van der Waals surface area contributed by atoms with Crippen LogP contribution in [0.5, 0.6) is 0 Å². The zero-order valence-electron chi connectivity index (χ0n) is 33.0. The van der Waals surface area contributed by atoms with Crippen LogP contribution in [0.3, 0.4) is 0 Å². The first-order chi connectivity index (χ1) is 28.7. The number of hydrogen-bond donors (Lipinski definition) is 3. The Kier molecular flexibility index (Phi) is 12.4. The Morgan fingerprint density at radius 1 is 0.967 bits per heavy atom. The predicted octanol–water partition coefficient (Wildman–Crippen LogP) is 6.54. The molecule has 2 saturated heterocycles. The van der Waals surface area contributed by atoms with E-state index in [0.717, 1.165) is 40.2 Å². The molecule has 14 nitrogen and oxygen atoms in total. The van der Waals surface area contributed by atoms with Gasteiger partial charge in [-0.2, -0.15) is 0 Å². The molecule has 2 fully saturated rings. The van der Waals surface area contributed by atoms with E-state index in [-0.39, 0.29) is 34.5 Å². The number of benzene rings is 4. The summed E-state index contributed by atoms with van der Waals surface area (Å²) in [6.07, 6.45) is 0. The molecule has 3 heterocycles. The summed E-state index contributed by atoms with van der Waals surface area (Å²) < 4.78 is 4.65. The molecular formula is C43H42N6O8S3. The number of nitrogens with zero attached hydrogens (tertiary/aromatic N) is 4. The minimum Gasteiger partial charge on any atom is -0.457 e. The Labute approximate surface area is 358 Å². The third-order valence-electron chi connectivity index (χ3n) is 9.97. The van der Waals surface area contributed by atoms with Crippen LogP contribution in [0.1, 0.15) is 48.7 Å². The summed E-state index contributed by atoms with van der Waals surface area (Å²) in [5.74, 6) is -1.38. The minimum atomic E-state index is -2.26. The number of oxime groups is 1. The predicted molar refractivity (Wildman–Crippen MR) is 232 cm³/mol. The summed E-state index contributed by atoms with van der Waals surface area (Å²) in [4.78, 5) is 63.5. The molecule has 7 rings (SSSR count). The number of aromatic nitrogens is 1. The van der Waals surface area contributed by atoms with E-state index in [9.17, 15) is 29.6 Å². The van der Waals surface area contributed by atoms with Crippen LogP contribution >= 0.6 is 34.9 Å². The van der Waals surface area contributed by atoms with Gasteiger partial charge in [-0.1, -0.05) is 120 Å². The number of carbonyl (C=O) groups is 3. The fraction of sp³-hybridized carbons (Fsp3) is 0.279. The minimum absolute atomic E-state index is 0.0646. The molecular weight excluding hydrogens is 825 g/mol. The lowest BCUT2D eigenvalue weighted by Crippen LogP contribution is -2.81. The molecule has 5 aromatic rings. The summed E-state index contributed by atoms with van der Waals surface area (Å²) in [7, 11) is 1.31. The number of amides is 1. The standard InChI is InChI=1S/C43H42N6O8S3/c1-41(2,3)57-38(52)43(53)39(58-25-27-20-22-31(23-21-27)49(54)55)60-37(51)35-32(24-48(35)43)44-36(50)34(47-56-4)33-26-59-40(45-33)46-42(28-14-8-5-9-15-28,29-16-10-6-11-17-29)30-18-12-7-13-19-30/h5-23,26,32,35,39,53H,24-25H2,1-4H3,(H,44,50)(H,45,46). The molecule has 17 heteroatoms. The number of anilines is 1. The number of hydrogen-bond acceptors (Lipinski definition) is 15. The molecule has 2 aliphatic heterocycles. The van der Waals surface area contributed by atoms with Gasteiger partial charge in [0.25, 0.3) is 11.6 Å². The molecule has 310 valence electrons. The van der Waals surface area contributed by atoms with Crippen molar-refractivity contribution < 1.29 is 34.0 Å². The smallest absolute Gasteiger partial charge is 0.356 e. The molecule has 4 unspecified atom stereocenters. The van der Waals surface area contributed by atoms with Gasteiger partial charge in [-0.05, 0) is 43.0 Å². The fourth-order valence-corrected chi connectivity index (χ4v) is 10.7. The van der Waals surface area contributed by atoms with Gasteiger partial charge in [0.2, 0.25) is 10.8 Å². The van der Waals surface area contributed by atoms with Crippen molar-refractivity contribution in [2.75, 3.05) is 19.0 Å². The maximum atomic E-state index is 14.0. The average molecular weight is 867 g/mol. The molecule has 0 spiro atoms. The first-order valence-corrected chi connectivity index (χ1v) is 21.7. The second-order valence-electron chi connectivity index (χ2n) is 15.0. The van der Waals surface area contributed by atoms with Gasteiger partial charge in [-0.25, -0.2) is 14.7 Å². The molecule has 1 aromatic heterocycles. The Balaban J connectivity index is 1.12. The maximum absolute atomic E-state index is 14.0. The van der Waals surface area contributed by atoms with Gasteiger partial charge in [0, 0.05) is 29.8 Å². The lowest BCUT2D eigenvalue weighted by atomic mass is 9.77. The van der Waals surface area contributed by atoms with Crippen molar-refractivity contribution in [1.29, 1.82) is 0 Å². The Morgan fingerprint density at radius 2 is 1.53 bits per heavy atom. The van der Waals surface area contributed by atoms with Crippen molar-refractivity contribution in [3.05, 3.63) is 159 Å². The molecule has 3 N–H and O–H groups in total. The topological polar surface area (TPSA) is 186 Å². The third kappa shape index (κ3) is 8.53. The van der Waals surface area contributed by atoms with E-state index in [2.05, 4.69) is 15.8 Å². The Bertz CT molecular complexity index is 2280. The maximum Gasteiger partial charge on any atom is 0.356 e. The van der Waals surface area contributed by atoms with Gasteiger partial charge in [0.05, 0.1) is 11.0 Å². The van der Waals surface area contributed by atoms with E-state index in [1.54, 1.807) is 38.3 Å². The van der Waals surface area contributed by atoms with Gasteiger partial charge >= 0.3 is 5.97 Å². The molecule has 4 atom stereocenters. The highest BCUT2D eigenvalue weighted by Crippen LogP contribution is 2.49. The summed E-state index contributed by atoms with van der Waals surface area (Å²) in [6, 6.07) is 34.0. The Hall–Kier alpha value is -5.59. The summed E-state index contributed by atoms with van der Waals surface area (Å²) in [5.41, 5.74) is -0.509. The van der Waals surface area contributed by atoms with Gasteiger partial charge < -0.3 is 25.3 Å². The largest absolute Gasteiger partial charge is 0.457 e. The highest BCUT2D eigenvalue weighted by molar-refractivity contribution is 8.24. The Morgan fingerprint density at radius 3 is 2.05 bits per heavy atom. The van der Waals surface area contributed by atoms with Crippen LogP contribution in [0.15, 0.2) is 126 Å². The summed E-state index contributed by atoms with van der Waals surface area (Å²) in [6.45, 7) is 4.95. The van der Waals surface area contributed by atoms with E-state index in [4.69, 9.17) is 14.6 Å². The van der Waals surface area contributed by atoms with Crippen molar-refractivity contribution in [1.82, 2.24) is 15.2 Å². The number of nitro benzene ring substituents is 1. The van der Waals surface area contributed by atoms with E-state index < -0.39 is 50.3 Å². The first kappa shape index (κ1) is 42.5. The van der Waals surface area contributed by atoms with Crippen LogP contribution in [0.4, 0.5) is 10.8 Å². The second-order valence-corrected chi connectivity index (χ2v) is 18.4. The van der Waals surface area contributed by atoms with Crippen molar-refractivity contribution in [3.63, 3.8) is 0 Å². The van der Waals surface area contributed by atoms with Crippen LogP contribution in [-0.2, 0) is 35.2 Å². The highest BCUT2D eigenvalue weighted by atomic mass is 32.2. The van der Waals surface area contributed by atoms with Crippen molar-refractivity contribution in [2.24, 2.45) is 5.16 Å². The van der Waals surface area contributed by atoms with E-state index in [1.807, 2.05) is 91.0 Å². The fourth-order valence-electron chi connectivity index (χ4n) is 7.18. The monoisotopic (exact) mass is 866 g/mol. The molecule has 0 radical (unpaired) electrons. The van der Waals surface area contributed by atoms with Crippen LogP contribution in [0, 0.1) is 10.1 Å². The molecule has 4 aromatic carbocycles.